The van der Waals surface area contributed by atoms with Gasteiger partial charge in [-0.1, -0.05) is 26.2 Å². The van der Waals surface area contributed by atoms with Gasteiger partial charge in [0.2, 0.25) is 5.95 Å². The Morgan fingerprint density at radius 1 is 1.33 bits per heavy atom. The van der Waals surface area contributed by atoms with Crippen molar-refractivity contribution in [1.82, 2.24) is 19.1 Å². The summed E-state index contributed by atoms with van der Waals surface area (Å²) in [5, 5.41) is 43.5. The number of aromatic nitrogens is 4. The largest absolute Gasteiger partial charge is 0.394 e. The highest BCUT2D eigenvalue weighted by Gasteiger charge is 2.37. The van der Waals surface area contributed by atoms with Crippen molar-refractivity contribution in [3.63, 3.8) is 0 Å². The molecule has 2 aliphatic heterocycles. The first-order valence-corrected chi connectivity index (χ1v) is 10.5. The second kappa shape index (κ2) is 8.60. The lowest BCUT2D eigenvalue weighted by molar-refractivity contribution is -0.0432. The predicted molar refractivity (Wildman–Crippen MR) is 107 cm³/mol. The number of hydrogen-bond donors (Lipinski definition) is 5. The monoisotopic (exact) mass is 423 g/mol. The van der Waals surface area contributed by atoms with Gasteiger partial charge >= 0.3 is 0 Å². The van der Waals surface area contributed by atoms with E-state index in [2.05, 4.69) is 22.2 Å². The van der Waals surface area contributed by atoms with E-state index in [9.17, 15) is 25.2 Å². The number of nitrogens with one attached hydrogen (secondary N) is 1. The molecule has 30 heavy (non-hydrogen) atoms. The number of rotatable bonds is 7. The summed E-state index contributed by atoms with van der Waals surface area (Å²) in [5.41, 5.74) is -0.167. The quantitative estimate of drug-likeness (QED) is 0.382. The molecule has 0 radical (unpaired) electrons. The minimum Gasteiger partial charge on any atom is -0.394 e. The topological polar surface area (TPSA) is 155 Å². The third-order valence-electron chi connectivity index (χ3n) is 5.97. The smallest absolute Gasteiger partial charge is 0.285 e. The number of aliphatic hydroxyl groups is 4. The summed E-state index contributed by atoms with van der Waals surface area (Å²) in [5.74, 6) is 0.157. The van der Waals surface area contributed by atoms with E-state index in [4.69, 9.17) is 4.74 Å². The SMILES string of the molecule is CCCCCC(O)[C@@H]1C[C@@H](O)n2c(nc3c(ncn3[C@H]3C[C@H](O)[C@@H](CO)O3)c2=O)N1. The molecule has 4 heterocycles. The van der Waals surface area contributed by atoms with Crippen LogP contribution in [0.2, 0.25) is 0 Å². The molecule has 0 aromatic carbocycles. The molecule has 5 N–H and O–H groups in total. The first-order chi connectivity index (χ1) is 14.4. The van der Waals surface area contributed by atoms with Gasteiger partial charge in [0.1, 0.15) is 18.6 Å². The molecule has 0 spiro atoms. The number of imidazole rings is 1. The maximum Gasteiger partial charge on any atom is 0.285 e. The van der Waals surface area contributed by atoms with Crippen LogP contribution in [0.1, 0.15) is 57.9 Å². The Kier molecular flexibility index (Phi) is 6.07. The Morgan fingerprint density at radius 3 is 2.83 bits per heavy atom. The van der Waals surface area contributed by atoms with E-state index in [0.717, 1.165) is 23.8 Å². The van der Waals surface area contributed by atoms with Gasteiger partial charge in [0, 0.05) is 12.8 Å². The Hall–Kier alpha value is -2.05. The maximum atomic E-state index is 12.9. The molecule has 2 aromatic rings. The highest BCUT2D eigenvalue weighted by atomic mass is 16.5. The number of ether oxygens (including phenoxy) is 1. The molecule has 0 amide bonds. The van der Waals surface area contributed by atoms with Crippen LogP contribution in [-0.2, 0) is 4.74 Å². The van der Waals surface area contributed by atoms with Crippen LogP contribution in [-0.4, -0.2) is 70.5 Å². The highest BCUT2D eigenvalue weighted by Crippen LogP contribution is 2.32. The third-order valence-corrected chi connectivity index (χ3v) is 5.97. The van der Waals surface area contributed by atoms with Crippen molar-refractivity contribution in [2.24, 2.45) is 0 Å². The third kappa shape index (κ3) is 3.71. The van der Waals surface area contributed by atoms with Crippen LogP contribution < -0.4 is 10.9 Å². The van der Waals surface area contributed by atoms with Crippen LogP contribution in [0.3, 0.4) is 0 Å². The van der Waals surface area contributed by atoms with Gasteiger partial charge in [-0.05, 0) is 6.42 Å². The summed E-state index contributed by atoms with van der Waals surface area (Å²) in [6, 6.07) is -0.430. The molecule has 11 heteroatoms. The van der Waals surface area contributed by atoms with E-state index >= 15 is 0 Å². The molecule has 2 aliphatic rings. The van der Waals surface area contributed by atoms with E-state index in [-0.39, 0.29) is 36.6 Å². The molecule has 4 rings (SSSR count). The van der Waals surface area contributed by atoms with Crippen molar-refractivity contribution in [3.8, 4) is 0 Å². The fourth-order valence-corrected chi connectivity index (χ4v) is 4.24. The Morgan fingerprint density at radius 2 is 2.13 bits per heavy atom. The van der Waals surface area contributed by atoms with Gasteiger partial charge in [0.25, 0.3) is 5.56 Å². The first-order valence-electron chi connectivity index (χ1n) is 10.5. The van der Waals surface area contributed by atoms with Crippen LogP contribution in [0.5, 0.6) is 0 Å². The van der Waals surface area contributed by atoms with Crippen molar-refractivity contribution < 1.29 is 25.2 Å². The van der Waals surface area contributed by atoms with Gasteiger partial charge in [0.05, 0.1) is 31.2 Å². The molecule has 0 aliphatic carbocycles. The van der Waals surface area contributed by atoms with E-state index in [1.165, 1.54) is 6.33 Å². The lowest BCUT2D eigenvalue weighted by Gasteiger charge is -2.33. The number of fused-ring (bicyclic) bond motifs is 2. The van der Waals surface area contributed by atoms with Crippen LogP contribution in [0, 0.1) is 0 Å². The molecule has 1 unspecified atom stereocenters. The Bertz CT molecular complexity index is 945. The fraction of sp³-hybridized carbons (Fsp3) is 0.737. The van der Waals surface area contributed by atoms with E-state index in [1.54, 1.807) is 4.57 Å². The number of anilines is 1. The Balaban J connectivity index is 1.65. The zero-order chi connectivity index (χ0) is 21.4. The van der Waals surface area contributed by atoms with E-state index < -0.39 is 42.4 Å². The van der Waals surface area contributed by atoms with Crippen molar-refractivity contribution in [2.75, 3.05) is 11.9 Å². The zero-order valence-electron chi connectivity index (χ0n) is 16.9. The maximum absolute atomic E-state index is 12.9. The average Bonchev–Trinajstić information content (AvgIpc) is 3.30. The lowest BCUT2D eigenvalue weighted by atomic mass is 9.99. The van der Waals surface area contributed by atoms with Crippen LogP contribution in [0.15, 0.2) is 11.1 Å². The average molecular weight is 423 g/mol. The Labute approximate surface area is 173 Å². The molecular formula is C19H29N5O6. The summed E-state index contributed by atoms with van der Waals surface area (Å²) in [4.78, 5) is 21.6. The summed E-state index contributed by atoms with van der Waals surface area (Å²) in [7, 11) is 0. The molecule has 11 nitrogen and oxygen atoms in total. The molecule has 0 bridgehead atoms. The van der Waals surface area contributed by atoms with Crippen molar-refractivity contribution >= 4 is 17.1 Å². The second-order valence-corrected chi connectivity index (χ2v) is 8.08. The van der Waals surface area contributed by atoms with Crippen molar-refractivity contribution in [2.45, 2.75) is 82.3 Å². The van der Waals surface area contributed by atoms with Crippen molar-refractivity contribution in [1.29, 1.82) is 0 Å². The first kappa shape index (κ1) is 21.2. The fourth-order valence-electron chi connectivity index (χ4n) is 4.24. The molecule has 2 aromatic heterocycles. The van der Waals surface area contributed by atoms with E-state index in [0.29, 0.717) is 6.42 Å². The minimum absolute atomic E-state index is 0.0760. The van der Waals surface area contributed by atoms with Crippen LogP contribution >= 0.6 is 0 Å². The summed E-state index contributed by atoms with van der Waals surface area (Å²) in [6.07, 6.45) is 1.40. The van der Waals surface area contributed by atoms with Crippen molar-refractivity contribution in [3.05, 3.63) is 16.7 Å². The van der Waals surface area contributed by atoms with E-state index in [1.807, 2.05) is 0 Å². The highest BCUT2D eigenvalue weighted by molar-refractivity contribution is 5.71. The standard InChI is InChI=1S/C19H29N5O6/c1-2-3-4-5-11(26)10-6-14(28)24-18(29)16-17(22-19(24)21-10)23(9-20-16)15-7-12(27)13(8-25)30-15/h9-15,25-28H,2-8H2,1H3,(H,21,22)/t10-,11?,12-,13+,14+,15+/m0/s1. The van der Waals surface area contributed by atoms with Crippen LogP contribution in [0.4, 0.5) is 5.95 Å². The molecular weight excluding hydrogens is 394 g/mol. The molecule has 0 saturated carbocycles. The lowest BCUT2D eigenvalue weighted by Crippen LogP contribution is -2.44. The minimum atomic E-state index is -1.12. The number of unbranched alkanes of at least 4 members (excludes halogenated alkanes) is 2. The van der Waals surface area contributed by atoms with Gasteiger partial charge in [-0.25, -0.2) is 9.55 Å². The predicted octanol–water partition coefficient (Wildman–Crippen LogP) is -0.150. The number of hydrogen-bond acceptors (Lipinski definition) is 9. The summed E-state index contributed by atoms with van der Waals surface area (Å²) >= 11 is 0. The molecule has 166 valence electrons. The second-order valence-electron chi connectivity index (χ2n) is 8.08. The van der Waals surface area contributed by atoms with Gasteiger partial charge in [-0.3, -0.25) is 9.36 Å². The summed E-state index contributed by atoms with van der Waals surface area (Å²) < 4.78 is 8.36. The van der Waals surface area contributed by atoms with Gasteiger partial charge in [-0.15, -0.1) is 0 Å². The summed E-state index contributed by atoms with van der Waals surface area (Å²) in [6.45, 7) is 1.77. The molecule has 6 atom stereocenters. The van der Waals surface area contributed by atoms with Crippen LogP contribution in [0.25, 0.3) is 11.2 Å². The normalized spacial score (nSPS) is 29.7. The van der Waals surface area contributed by atoms with Gasteiger partial charge in [0.15, 0.2) is 11.2 Å². The van der Waals surface area contributed by atoms with Gasteiger partial charge < -0.3 is 30.5 Å². The number of nitrogens with zero attached hydrogens (tertiary/aromatic N) is 4. The molecule has 1 fully saturated rings. The zero-order valence-corrected chi connectivity index (χ0v) is 16.9. The molecule has 1 saturated heterocycles. The van der Waals surface area contributed by atoms with Gasteiger partial charge in [-0.2, -0.15) is 4.98 Å². The number of aliphatic hydroxyl groups excluding tert-OH is 4.